The van der Waals surface area contributed by atoms with Crippen molar-refractivity contribution in [3.05, 3.63) is 29.2 Å². The Balaban J connectivity index is 2.21. The minimum absolute atomic E-state index is 0.227. The molecular weight excluding hydrogens is 268 g/mol. The number of anilines is 1. The lowest BCUT2D eigenvalue weighted by Crippen LogP contribution is -2.33. The first-order valence-corrected chi connectivity index (χ1v) is 7.49. The van der Waals surface area contributed by atoms with Crippen LogP contribution in [0.2, 0.25) is 0 Å². The fraction of sp³-hybridized carbons (Fsp3) is 0.250. The van der Waals surface area contributed by atoms with Crippen molar-refractivity contribution < 1.29 is 8.42 Å². The topological polar surface area (TPSA) is 58.2 Å². The zero-order valence-corrected chi connectivity index (χ0v) is 11.7. The molecule has 0 saturated carbocycles. The van der Waals surface area contributed by atoms with Gasteiger partial charge in [-0.05, 0) is 49.8 Å². The molecule has 2 N–H and O–H groups in total. The predicted octanol–water partition coefficient (Wildman–Crippen LogP) is 2.14. The molecule has 96 valence electrons. The van der Waals surface area contributed by atoms with Crippen LogP contribution in [0.25, 0.3) is 6.08 Å². The molecule has 0 radical (unpaired) electrons. The van der Waals surface area contributed by atoms with E-state index >= 15 is 0 Å². The molecule has 0 fully saturated rings. The third-order valence-electron chi connectivity index (χ3n) is 2.42. The molecule has 0 aliphatic carbocycles. The van der Waals surface area contributed by atoms with E-state index in [0.717, 1.165) is 0 Å². The van der Waals surface area contributed by atoms with Crippen LogP contribution in [0.15, 0.2) is 28.5 Å². The van der Waals surface area contributed by atoms with Crippen LogP contribution in [-0.2, 0) is 9.84 Å². The average Bonchev–Trinajstić information content (AvgIpc) is 2.54. The predicted molar refractivity (Wildman–Crippen MR) is 77.2 cm³/mol. The highest BCUT2D eigenvalue weighted by molar-refractivity contribution is 7.94. The average molecular weight is 282 g/mol. The van der Waals surface area contributed by atoms with E-state index in [9.17, 15) is 8.42 Å². The SMILES string of the molecule is CC(C)NC(=S)Nc1ccc2c(c1)S(=O)(=O)C=C2. The molecule has 0 aromatic heterocycles. The van der Waals surface area contributed by atoms with E-state index in [2.05, 4.69) is 10.6 Å². The lowest BCUT2D eigenvalue weighted by Gasteiger charge is -2.13. The summed E-state index contributed by atoms with van der Waals surface area (Å²) in [6.07, 6.45) is 1.60. The number of nitrogens with one attached hydrogen (secondary N) is 2. The van der Waals surface area contributed by atoms with Gasteiger partial charge in [0.1, 0.15) is 0 Å². The Labute approximate surface area is 112 Å². The van der Waals surface area contributed by atoms with Gasteiger partial charge in [0.2, 0.25) is 9.84 Å². The number of hydrogen-bond acceptors (Lipinski definition) is 3. The zero-order chi connectivity index (χ0) is 13.3. The molecule has 1 aliphatic rings. The van der Waals surface area contributed by atoms with Gasteiger partial charge >= 0.3 is 0 Å². The van der Waals surface area contributed by atoms with Crippen molar-refractivity contribution in [2.75, 3.05) is 5.32 Å². The van der Waals surface area contributed by atoms with Gasteiger partial charge in [-0.2, -0.15) is 0 Å². The quantitative estimate of drug-likeness (QED) is 0.814. The summed E-state index contributed by atoms with van der Waals surface area (Å²) in [4.78, 5) is 0.319. The van der Waals surface area contributed by atoms with Crippen molar-refractivity contribution in [2.24, 2.45) is 0 Å². The Kier molecular flexibility index (Phi) is 3.41. The van der Waals surface area contributed by atoms with E-state index < -0.39 is 9.84 Å². The van der Waals surface area contributed by atoms with Crippen molar-refractivity contribution in [3.63, 3.8) is 0 Å². The lowest BCUT2D eigenvalue weighted by molar-refractivity contribution is 0.605. The molecule has 6 heteroatoms. The number of rotatable bonds is 2. The first-order valence-electron chi connectivity index (χ1n) is 5.53. The summed E-state index contributed by atoms with van der Waals surface area (Å²) in [6, 6.07) is 5.39. The van der Waals surface area contributed by atoms with Crippen molar-refractivity contribution in [1.82, 2.24) is 5.32 Å². The first-order chi connectivity index (χ1) is 8.38. The Morgan fingerprint density at radius 1 is 1.33 bits per heavy atom. The maximum atomic E-state index is 11.7. The third kappa shape index (κ3) is 2.70. The van der Waals surface area contributed by atoms with Crippen molar-refractivity contribution >= 4 is 38.9 Å². The number of hydrogen-bond donors (Lipinski definition) is 2. The fourth-order valence-electron chi connectivity index (χ4n) is 1.66. The monoisotopic (exact) mass is 282 g/mol. The normalized spacial score (nSPS) is 15.5. The highest BCUT2D eigenvalue weighted by Crippen LogP contribution is 2.29. The van der Waals surface area contributed by atoms with E-state index in [1.54, 1.807) is 24.3 Å². The van der Waals surface area contributed by atoms with Crippen molar-refractivity contribution in [2.45, 2.75) is 24.8 Å². The highest BCUT2D eigenvalue weighted by Gasteiger charge is 2.20. The molecule has 2 rings (SSSR count). The van der Waals surface area contributed by atoms with Gasteiger partial charge < -0.3 is 10.6 Å². The summed E-state index contributed by atoms with van der Waals surface area (Å²) in [7, 11) is -3.27. The van der Waals surface area contributed by atoms with Crippen LogP contribution < -0.4 is 10.6 Å². The summed E-state index contributed by atoms with van der Waals surface area (Å²) in [6.45, 7) is 3.95. The highest BCUT2D eigenvalue weighted by atomic mass is 32.2. The number of thiocarbonyl (C=S) groups is 1. The van der Waals surface area contributed by atoms with Gasteiger partial charge in [-0.15, -0.1) is 0 Å². The molecule has 1 aliphatic heterocycles. The van der Waals surface area contributed by atoms with Gasteiger partial charge in [0.05, 0.1) is 4.90 Å². The minimum atomic E-state index is -3.27. The van der Waals surface area contributed by atoms with Gasteiger partial charge in [-0.25, -0.2) is 8.42 Å². The van der Waals surface area contributed by atoms with Gasteiger partial charge in [0.15, 0.2) is 5.11 Å². The lowest BCUT2D eigenvalue weighted by atomic mass is 10.2. The summed E-state index contributed by atoms with van der Waals surface area (Å²) in [5.41, 5.74) is 1.38. The molecule has 0 unspecified atom stereocenters. The Morgan fingerprint density at radius 2 is 2.06 bits per heavy atom. The van der Waals surface area contributed by atoms with Crippen LogP contribution in [0.5, 0.6) is 0 Å². The number of sulfone groups is 1. The van der Waals surface area contributed by atoms with E-state index in [-0.39, 0.29) is 6.04 Å². The van der Waals surface area contributed by atoms with Gasteiger partial charge in [-0.1, -0.05) is 6.07 Å². The maximum Gasteiger partial charge on any atom is 0.200 e. The summed E-state index contributed by atoms with van der Waals surface area (Å²) >= 11 is 5.11. The van der Waals surface area contributed by atoms with E-state index in [4.69, 9.17) is 12.2 Å². The van der Waals surface area contributed by atoms with E-state index in [1.165, 1.54) is 5.41 Å². The molecule has 0 spiro atoms. The zero-order valence-electron chi connectivity index (χ0n) is 10.1. The molecule has 1 aromatic rings. The van der Waals surface area contributed by atoms with Gasteiger partial charge in [0.25, 0.3) is 0 Å². The molecule has 1 heterocycles. The number of fused-ring (bicyclic) bond motifs is 1. The van der Waals surface area contributed by atoms with Crippen molar-refractivity contribution in [1.29, 1.82) is 0 Å². The second-order valence-corrected chi connectivity index (χ2v) is 6.56. The van der Waals surface area contributed by atoms with Crippen molar-refractivity contribution in [3.8, 4) is 0 Å². The van der Waals surface area contributed by atoms with Crippen LogP contribution in [0.4, 0.5) is 5.69 Å². The third-order valence-corrected chi connectivity index (χ3v) is 4.11. The largest absolute Gasteiger partial charge is 0.360 e. The minimum Gasteiger partial charge on any atom is -0.360 e. The second-order valence-electron chi connectivity index (χ2n) is 4.35. The summed E-state index contributed by atoms with van der Waals surface area (Å²) < 4.78 is 23.4. The summed E-state index contributed by atoms with van der Waals surface area (Å²) in [5.74, 6) is 0. The van der Waals surface area contributed by atoms with Crippen LogP contribution in [0.3, 0.4) is 0 Å². The molecule has 0 atom stereocenters. The Morgan fingerprint density at radius 3 is 2.72 bits per heavy atom. The van der Waals surface area contributed by atoms with E-state index in [0.29, 0.717) is 21.3 Å². The van der Waals surface area contributed by atoms with Crippen LogP contribution in [0.1, 0.15) is 19.4 Å². The molecule has 0 saturated heterocycles. The molecule has 18 heavy (non-hydrogen) atoms. The van der Waals surface area contributed by atoms with Gasteiger partial charge in [0, 0.05) is 17.1 Å². The summed E-state index contributed by atoms with van der Waals surface area (Å²) in [5, 5.41) is 7.70. The van der Waals surface area contributed by atoms with Crippen LogP contribution >= 0.6 is 12.2 Å². The molecule has 0 bridgehead atoms. The smallest absolute Gasteiger partial charge is 0.200 e. The first kappa shape index (κ1) is 13.0. The number of benzene rings is 1. The molecular formula is C12H14N2O2S2. The molecule has 4 nitrogen and oxygen atoms in total. The maximum absolute atomic E-state index is 11.7. The van der Waals surface area contributed by atoms with Gasteiger partial charge in [-0.3, -0.25) is 0 Å². The Bertz CT molecular complexity index is 619. The molecule has 0 amide bonds. The Hall–Kier alpha value is -1.40. The second kappa shape index (κ2) is 4.70. The van der Waals surface area contributed by atoms with E-state index in [1.807, 2.05) is 13.8 Å². The standard InChI is InChI=1S/C12H14N2O2S2/c1-8(2)13-12(17)14-10-4-3-9-5-6-18(15,16)11(9)7-10/h3-8H,1-2H3,(H2,13,14,17). The fourth-order valence-corrected chi connectivity index (χ4v) is 3.24. The molecule has 1 aromatic carbocycles. The van der Waals surface area contributed by atoms with Crippen LogP contribution in [-0.4, -0.2) is 19.6 Å². The van der Waals surface area contributed by atoms with Crippen LogP contribution in [0, 0.1) is 0 Å².